The van der Waals surface area contributed by atoms with Crippen molar-refractivity contribution in [1.82, 2.24) is 15.3 Å². The number of nitrogen functional groups attached to an aromatic ring is 1. The van der Waals surface area contributed by atoms with Crippen LogP contribution in [0.15, 0.2) is 18.2 Å². The van der Waals surface area contributed by atoms with Crippen molar-refractivity contribution in [2.75, 3.05) is 42.1 Å². The molecule has 0 aliphatic carbocycles. The molecule has 178 valence electrons. The van der Waals surface area contributed by atoms with E-state index in [9.17, 15) is 14.4 Å². The number of hydrogen-bond acceptors (Lipinski definition) is 8. The van der Waals surface area contributed by atoms with Crippen LogP contribution in [0.2, 0.25) is 5.02 Å². The number of nitrogens with zero attached hydrogens (tertiary/aromatic N) is 4. The van der Waals surface area contributed by atoms with Gasteiger partial charge in [-0.05, 0) is 18.2 Å². The SMILES string of the molecule is CC(=O)Nc1nc2c(F)c(-c3ccc(F)c4sc(N)nc34)c(Cl)cc2c(N2CCNCC2)c1C#N. The van der Waals surface area contributed by atoms with E-state index in [1.54, 1.807) is 6.07 Å². The Balaban J connectivity index is 1.86. The second-order valence-electron chi connectivity index (χ2n) is 7.98. The maximum Gasteiger partial charge on any atom is 0.222 e. The average Bonchev–Trinajstić information content (AvgIpc) is 3.23. The van der Waals surface area contributed by atoms with E-state index in [1.165, 1.54) is 19.1 Å². The largest absolute Gasteiger partial charge is 0.375 e. The summed E-state index contributed by atoms with van der Waals surface area (Å²) < 4.78 is 30.8. The molecular weight excluding hydrogens is 496 g/mol. The van der Waals surface area contributed by atoms with Crippen molar-refractivity contribution >= 4 is 66.6 Å². The predicted molar refractivity (Wildman–Crippen MR) is 134 cm³/mol. The molecule has 1 fully saturated rings. The number of carbonyl (C=O) groups is 1. The zero-order valence-electron chi connectivity index (χ0n) is 18.4. The molecule has 0 bridgehead atoms. The van der Waals surface area contributed by atoms with Gasteiger partial charge in [0.2, 0.25) is 5.91 Å². The Bertz CT molecular complexity index is 1560. The van der Waals surface area contributed by atoms with Gasteiger partial charge < -0.3 is 21.3 Å². The molecule has 1 amide bonds. The van der Waals surface area contributed by atoms with Crippen LogP contribution in [0.3, 0.4) is 0 Å². The number of carbonyl (C=O) groups excluding carboxylic acids is 1. The Labute approximate surface area is 207 Å². The van der Waals surface area contributed by atoms with E-state index in [-0.39, 0.29) is 48.4 Å². The third kappa shape index (κ3) is 3.89. The van der Waals surface area contributed by atoms with Crippen molar-refractivity contribution in [2.45, 2.75) is 6.92 Å². The van der Waals surface area contributed by atoms with Gasteiger partial charge in [0.1, 0.15) is 23.0 Å². The highest BCUT2D eigenvalue weighted by molar-refractivity contribution is 7.22. The van der Waals surface area contributed by atoms with Crippen molar-refractivity contribution in [3.8, 4) is 17.2 Å². The van der Waals surface area contributed by atoms with Crippen LogP contribution in [0, 0.1) is 23.0 Å². The number of nitrogens with one attached hydrogen (secondary N) is 2. The van der Waals surface area contributed by atoms with Crippen LogP contribution in [0.5, 0.6) is 0 Å². The fourth-order valence-electron chi connectivity index (χ4n) is 4.33. The molecule has 0 saturated carbocycles. The molecule has 0 spiro atoms. The van der Waals surface area contributed by atoms with E-state index in [1.807, 2.05) is 4.90 Å². The lowest BCUT2D eigenvalue weighted by atomic mass is 9.99. The fraction of sp³-hybridized carbons (Fsp3) is 0.217. The quantitative estimate of drug-likeness (QED) is 0.374. The van der Waals surface area contributed by atoms with Gasteiger partial charge >= 0.3 is 0 Å². The highest BCUT2D eigenvalue weighted by atomic mass is 35.5. The Morgan fingerprint density at radius 1 is 1.29 bits per heavy atom. The van der Waals surface area contributed by atoms with Gasteiger partial charge in [-0.3, -0.25) is 4.79 Å². The molecule has 35 heavy (non-hydrogen) atoms. The van der Waals surface area contributed by atoms with Gasteiger partial charge in [0.05, 0.1) is 20.9 Å². The molecule has 2 aromatic carbocycles. The summed E-state index contributed by atoms with van der Waals surface area (Å²) in [7, 11) is 0. The van der Waals surface area contributed by atoms with Gasteiger partial charge in [0.15, 0.2) is 16.8 Å². The number of hydrogen-bond donors (Lipinski definition) is 3. The van der Waals surface area contributed by atoms with Crippen molar-refractivity contribution in [3.05, 3.63) is 40.4 Å². The highest BCUT2D eigenvalue weighted by Crippen LogP contribution is 2.44. The van der Waals surface area contributed by atoms with Crippen LogP contribution in [0.1, 0.15) is 12.5 Å². The number of halogens is 3. The van der Waals surface area contributed by atoms with Crippen LogP contribution in [0.4, 0.5) is 25.4 Å². The van der Waals surface area contributed by atoms with Crippen molar-refractivity contribution in [1.29, 1.82) is 5.26 Å². The third-order valence-corrected chi connectivity index (χ3v) is 6.96. The smallest absolute Gasteiger partial charge is 0.222 e. The van der Waals surface area contributed by atoms with E-state index in [2.05, 4.69) is 26.7 Å². The minimum absolute atomic E-state index is 0.0216. The lowest BCUT2D eigenvalue weighted by Gasteiger charge is -2.31. The maximum absolute atomic E-state index is 16.2. The van der Waals surface area contributed by atoms with Crippen LogP contribution in [-0.2, 0) is 4.79 Å². The molecule has 1 aliphatic heterocycles. The number of aromatic nitrogens is 2. The standard InChI is InChI=1S/C23H18ClF2N7OS/c1-10(34)30-22-13(9-27)20(33-6-4-29-5-7-33)12-8-14(24)16(17(26)18(12)31-22)11-2-3-15(25)21-19(11)32-23(28)35-21/h2-3,8,29H,4-7H2,1H3,(H2,28,32)(H,30,31,34). The van der Waals surface area contributed by atoms with E-state index in [4.69, 9.17) is 17.3 Å². The van der Waals surface area contributed by atoms with Crippen molar-refractivity contribution in [2.24, 2.45) is 0 Å². The number of fused-ring (bicyclic) bond motifs is 2. The second-order valence-corrected chi connectivity index (χ2v) is 9.42. The summed E-state index contributed by atoms with van der Waals surface area (Å²) in [5.74, 6) is -1.80. The highest BCUT2D eigenvalue weighted by Gasteiger charge is 2.27. The van der Waals surface area contributed by atoms with E-state index >= 15 is 4.39 Å². The number of thiazole rings is 1. The number of piperazine rings is 1. The molecule has 8 nitrogen and oxygen atoms in total. The summed E-state index contributed by atoms with van der Waals surface area (Å²) >= 11 is 7.57. The summed E-state index contributed by atoms with van der Waals surface area (Å²) in [5.41, 5.74) is 6.70. The first kappa shape index (κ1) is 23.2. The normalized spacial score (nSPS) is 13.9. The van der Waals surface area contributed by atoms with E-state index in [0.29, 0.717) is 37.3 Å². The summed E-state index contributed by atoms with van der Waals surface area (Å²) in [5, 5.41) is 16.3. The van der Waals surface area contributed by atoms with Gasteiger partial charge in [0.25, 0.3) is 0 Å². The molecule has 1 saturated heterocycles. The Morgan fingerprint density at radius 3 is 2.71 bits per heavy atom. The number of nitrogens with two attached hydrogens (primary N) is 1. The lowest BCUT2D eigenvalue weighted by molar-refractivity contribution is -0.114. The summed E-state index contributed by atoms with van der Waals surface area (Å²) in [6, 6.07) is 6.25. The van der Waals surface area contributed by atoms with Crippen LogP contribution in [0.25, 0.3) is 32.2 Å². The molecule has 1 aliphatic rings. The zero-order chi connectivity index (χ0) is 24.9. The number of amides is 1. The van der Waals surface area contributed by atoms with Gasteiger partial charge in [0, 0.05) is 49.6 Å². The van der Waals surface area contributed by atoms with E-state index in [0.717, 1.165) is 11.3 Å². The number of nitriles is 1. The monoisotopic (exact) mass is 513 g/mol. The summed E-state index contributed by atoms with van der Waals surface area (Å²) in [6.45, 7) is 3.73. The lowest BCUT2D eigenvalue weighted by Crippen LogP contribution is -2.44. The molecule has 2 aromatic heterocycles. The number of benzene rings is 2. The predicted octanol–water partition coefficient (Wildman–Crippen LogP) is 4.26. The van der Waals surface area contributed by atoms with Gasteiger partial charge in [-0.25, -0.2) is 18.7 Å². The van der Waals surface area contributed by atoms with Crippen molar-refractivity contribution in [3.63, 3.8) is 0 Å². The molecule has 4 N–H and O–H groups in total. The minimum atomic E-state index is -0.778. The van der Waals surface area contributed by atoms with Crippen LogP contribution < -0.4 is 21.3 Å². The number of rotatable bonds is 3. The number of anilines is 3. The molecule has 0 radical (unpaired) electrons. The first-order chi connectivity index (χ1) is 16.8. The molecule has 0 unspecified atom stereocenters. The molecule has 5 rings (SSSR count). The van der Waals surface area contributed by atoms with Crippen LogP contribution >= 0.6 is 22.9 Å². The van der Waals surface area contributed by atoms with Crippen LogP contribution in [-0.4, -0.2) is 42.1 Å². The maximum atomic E-state index is 16.2. The van der Waals surface area contributed by atoms with Gasteiger partial charge in [-0.2, -0.15) is 5.26 Å². The van der Waals surface area contributed by atoms with Gasteiger partial charge in [-0.15, -0.1) is 0 Å². The molecule has 0 atom stereocenters. The Kier molecular flexibility index (Phi) is 5.88. The second kappa shape index (κ2) is 8.88. The molecule has 12 heteroatoms. The number of pyridine rings is 1. The Hall–Kier alpha value is -3.59. The molecular formula is C23H18ClF2N7OS. The van der Waals surface area contributed by atoms with Gasteiger partial charge in [-0.1, -0.05) is 22.9 Å². The van der Waals surface area contributed by atoms with Crippen molar-refractivity contribution < 1.29 is 13.6 Å². The fourth-order valence-corrected chi connectivity index (χ4v) is 5.39. The summed E-state index contributed by atoms with van der Waals surface area (Å²) in [6.07, 6.45) is 0. The topological polar surface area (TPSA) is 120 Å². The zero-order valence-corrected chi connectivity index (χ0v) is 19.9. The average molecular weight is 514 g/mol. The first-order valence-corrected chi connectivity index (χ1v) is 11.8. The molecule has 3 heterocycles. The molecule has 4 aromatic rings. The first-order valence-electron chi connectivity index (χ1n) is 10.6. The third-order valence-electron chi connectivity index (χ3n) is 5.77. The van der Waals surface area contributed by atoms with E-state index < -0.39 is 17.5 Å². The summed E-state index contributed by atoms with van der Waals surface area (Å²) in [4.78, 5) is 22.3. The Morgan fingerprint density at radius 2 is 2.03 bits per heavy atom. The minimum Gasteiger partial charge on any atom is -0.375 e.